The van der Waals surface area contributed by atoms with Crippen LogP contribution >= 0.6 is 0 Å². The average Bonchev–Trinajstić information content (AvgIpc) is 2.57. The monoisotopic (exact) mass is 184 g/mol. The van der Waals surface area contributed by atoms with Gasteiger partial charge in [0.2, 0.25) is 0 Å². The predicted octanol–water partition coefficient (Wildman–Crippen LogP) is 2.09. The molecule has 1 aromatic carbocycles. The predicted molar refractivity (Wildman–Crippen MR) is 56.0 cm³/mol. The van der Waals surface area contributed by atoms with Crippen molar-refractivity contribution in [3.05, 3.63) is 35.4 Å². The van der Waals surface area contributed by atoms with E-state index in [1.807, 2.05) is 18.2 Å². The molecule has 0 fully saturated rings. The highest BCUT2D eigenvalue weighted by molar-refractivity contribution is 5.93. The molecule has 2 rings (SSSR count). The highest BCUT2D eigenvalue weighted by atomic mass is 16.1. The molecular weight excluding hydrogens is 172 g/mol. The summed E-state index contributed by atoms with van der Waals surface area (Å²) >= 11 is 0. The zero-order chi connectivity index (χ0) is 10.2. The van der Waals surface area contributed by atoms with Gasteiger partial charge >= 0.3 is 0 Å². The van der Waals surface area contributed by atoms with Crippen LogP contribution in [0.25, 0.3) is 0 Å². The van der Waals surface area contributed by atoms with Crippen LogP contribution in [0.3, 0.4) is 0 Å². The molecule has 0 radical (unpaired) electrons. The second-order valence-electron chi connectivity index (χ2n) is 3.76. The lowest BCUT2D eigenvalue weighted by Gasteiger charge is -2.20. The maximum absolute atomic E-state index is 11.6. The molecule has 1 atom stereocenters. The van der Waals surface area contributed by atoms with E-state index < -0.39 is 5.41 Å². The number of carbonyl (C=O) groups excluding carboxylic acids is 1. The van der Waals surface area contributed by atoms with Crippen LogP contribution in [0, 0.1) is 12.3 Å². The third-order valence-corrected chi connectivity index (χ3v) is 3.09. The highest BCUT2D eigenvalue weighted by Crippen LogP contribution is 2.38. The quantitative estimate of drug-likeness (QED) is 0.611. The highest BCUT2D eigenvalue weighted by Gasteiger charge is 2.40. The van der Waals surface area contributed by atoms with Gasteiger partial charge in [-0.3, -0.25) is 4.79 Å². The van der Waals surface area contributed by atoms with Crippen LogP contribution in [0.2, 0.25) is 0 Å². The third kappa shape index (κ3) is 1.01. The lowest BCUT2D eigenvalue weighted by molar-refractivity contribution is -0.120. The van der Waals surface area contributed by atoms with Crippen molar-refractivity contribution >= 4 is 5.78 Å². The van der Waals surface area contributed by atoms with Gasteiger partial charge in [0, 0.05) is 0 Å². The van der Waals surface area contributed by atoms with Gasteiger partial charge in [-0.15, -0.1) is 6.42 Å². The molecule has 0 spiro atoms. The van der Waals surface area contributed by atoms with E-state index in [2.05, 4.69) is 12.0 Å². The van der Waals surface area contributed by atoms with E-state index in [1.54, 1.807) is 6.92 Å². The molecule has 0 saturated carbocycles. The molecule has 1 nitrogen and oxygen atoms in total. The van der Waals surface area contributed by atoms with Gasteiger partial charge in [-0.25, -0.2) is 0 Å². The topological polar surface area (TPSA) is 17.1 Å². The van der Waals surface area contributed by atoms with Crippen LogP contribution in [-0.2, 0) is 16.6 Å². The van der Waals surface area contributed by atoms with Crippen molar-refractivity contribution in [2.45, 2.75) is 25.2 Å². The molecule has 0 heterocycles. The Balaban J connectivity index is 2.63. The first kappa shape index (κ1) is 9.02. The van der Waals surface area contributed by atoms with E-state index in [9.17, 15) is 4.79 Å². The Morgan fingerprint density at radius 3 is 2.86 bits per heavy atom. The van der Waals surface area contributed by atoms with E-state index in [4.69, 9.17) is 6.42 Å². The normalized spacial score (nSPS) is 24.0. The molecule has 0 amide bonds. The summed E-state index contributed by atoms with van der Waals surface area (Å²) < 4.78 is 0. The molecule has 1 aliphatic carbocycles. The summed E-state index contributed by atoms with van der Waals surface area (Å²) in [6.45, 7) is 1.59. The SMILES string of the molecule is C#CC1(C(C)=O)CCc2ccccc21. The molecule has 0 saturated heterocycles. The maximum Gasteiger partial charge on any atom is 0.152 e. The minimum atomic E-state index is -0.642. The van der Waals surface area contributed by atoms with Crippen LogP contribution in [-0.4, -0.2) is 5.78 Å². The summed E-state index contributed by atoms with van der Waals surface area (Å²) in [7, 11) is 0. The minimum absolute atomic E-state index is 0.0879. The second kappa shape index (κ2) is 2.99. The van der Waals surface area contributed by atoms with Crippen molar-refractivity contribution in [1.29, 1.82) is 0 Å². The van der Waals surface area contributed by atoms with Crippen LogP contribution < -0.4 is 0 Å². The first-order chi connectivity index (χ1) is 6.70. The van der Waals surface area contributed by atoms with Crippen LogP contribution in [0.4, 0.5) is 0 Å². The number of hydrogen-bond acceptors (Lipinski definition) is 1. The molecule has 0 N–H and O–H groups in total. The molecule has 1 aromatic rings. The minimum Gasteiger partial charge on any atom is -0.298 e. The lowest BCUT2D eigenvalue weighted by Crippen LogP contribution is -2.29. The van der Waals surface area contributed by atoms with Gasteiger partial charge in [0.25, 0.3) is 0 Å². The number of Topliss-reactive ketones (excluding diaryl/α,β-unsaturated/α-hetero) is 1. The van der Waals surface area contributed by atoms with Crippen molar-refractivity contribution < 1.29 is 4.79 Å². The number of hydrogen-bond donors (Lipinski definition) is 0. The largest absolute Gasteiger partial charge is 0.298 e. The fourth-order valence-corrected chi connectivity index (χ4v) is 2.23. The average molecular weight is 184 g/mol. The van der Waals surface area contributed by atoms with Gasteiger partial charge in [-0.1, -0.05) is 30.2 Å². The van der Waals surface area contributed by atoms with Gasteiger partial charge in [-0.05, 0) is 30.9 Å². The van der Waals surface area contributed by atoms with Crippen molar-refractivity contribution in [3.8, 4) is 12.3 Å². The smallest absolute Gasteiger partial charge is 0.152 e. The van der Waals surface area contributed by atoms with E-state index in [-0.39, 0.29) is 5.78 Å². The molecule has 1 unspecified atom stereocenters. The van der Waals surface area contributed by atoms with Gasteiger partial charge in [0.05, 0.1) is 0 Å². The fourth-order valence-electron chi connectivity index (χ4n) is 2.23. The Hall–Kier alpha value is -1.55. The molecule has 0 bridgehead atoms. The molecule has 14 heavy (non-hydrogen) atoms. The van der Waals surface area contributed by atoms with E-state index in [0.29, 0.717) is 0 Å². The van der Waals surface area contributed by atoms with Gasteiger partial charge < -0.3 is 0 Å². The van der Waals surface area contributed by atoms with Gasteiger partial charge in [0.1, 0.15) is 5.41 Å². The Kier molecular flexibility index (Phi) is 1.93. The number of carbonyl (C=O) groups is 1. The zero-order valence-corrected chi connectivity index (χ0v) is 8.21. The Bertz CT molecular complexity index is 425. The van der Waals surface area contributed by atoms with Crippen molar-refractivity contribution in [2.24, 2.45) is 0 Å². The first-order valence-corrected chi connectivity index (χ1v) is 4.78. The molecule has 70 valence electrons. The summed E-state index contributed by atoms with van der Waals surface area (Å²) in [5.74, 6) is 2.77. The van der Waals surface area contributed by atoms with Crippen molar-refractivity contribution in [1.82, 2.24) is 0 Å². The molecule has 1 heteroatoms. The Labute approximate surface area is 84.1 Å². The van der Waals surface area contributed by atoms with Gasteiger partial charge in [0.15, 0.2) is 5.78 Å². The summed E-state index contributed by atoms with van der Waals surface area (Å²) in [5.41, 5.74) is 1.62. The second-order valence-corrected chi connectivity index (χ2v) is 3.76. The number of benzene rings is 1. The number of rotatable bonds is 1. The first-order valence-electron chi connectivity index (χ1n) is 4.78. The van der Waals surface area contributed by atoms with Gasteiger partial charge in [-0.2, -0.15) is 0 Å². The molecular formula is C13H12O. The Morgan fingerprint density at radius 2 is 2.21 bits per heavy atom. The number of fused-ring (bicyclic) bond motifs is 1. The number of aryl methyl sites for hydroxylation is 1. The summed E-state index contributed by atoms with van der Waals surface area (Å²) in [4.78, 5) is 11.6. The summed E-state index contributed by atoms with van der Waals surface area (Å²) in [6.07, 6.45) is 7.19. The number of terminal acetylenes is 1. The fraction of sp³-hybridized carbons (Fsp3) is 0.308. The standard InChI is InChI=1S/C13H12O/c1-3-13(10(2)14)9-8-11-6-4-5-7-12(11)13/h1,4-7H,8-9H2,2H3. The summed E-state index contributed by atoms with van der Waals surface area (Å²) in [5, 5.41) is 0. The molecule has 0 aliphatic heterocycles. The number of ketones is 1. The molecule has 1 aliphatic rings. The van der Waals surface area contributed by atoms with Crippen LogP contribution in [0.5, 0.6) is 0 Å². The summed E-state index contributed by atoms with van der Waals surface area (Å²) in [6, 6.07) is 7.96. The van der Waals surface area contributed by atoms with E-state index in [1.165, 1.54) is 5.56 Å². The van der Waals surface area contributed by atoms with Crippen LogP contribution in [0.15, 0.2) is 24.3 Å². The zero-order valence-electron chi connectivity index (χ0n) is 8.21. The Morgan fingerprint density at radius 1 is 1.50 bits per heavy atom. The van der Waals surface area contributed by atoms with Crippen molar-refractivity contribution in [2.75, 3.05) is 0 Å². The van der Waals surface area contributed by atoms with Crippen molar-refractivity contribution in [3.63, 3.8) is 0 Å². The third-order valence-electron chi connectivity index (χ3n) is 3.09. The lowest BCUT2D eigenvalue weighted by atomic mass is 9.79. The van der Waals surface area contributed by atoms with Crippen LogP contribution in [0.1, 0.15) is 24.5 Å². The molecule has 0 aromatic heterocycles. The van der Waals surface area contributed by atoms with E-state index >= 15 is 0 Å². The van der Waals surface area contributed by atoms with E-state index in [0.717, 1.165) is 18.4 Å². The maximum atomic E-state index is 11.6.